The summed E-state index contributed by atoms with van der Waals surface area (Å²) < 4.78 is 12.3. The molecule has 0 radical (unpaired) electrons. The number of pyridine rings is 1. The lowest BCUT2D eigenvalue weighted by atomic mass is 10.2. The SMILES string of the molecule is Cc1noc(-c2ccc(-n3ncc(C(=O)NC[C@H]4CCCO4)c3C)nc2)n1. The molecule has 9 nitrogen and oxygen atoms in total. The minimum Gasteiger partial charge on any atom is -0.376 e. The van der Waals surface area contributed by atoms with Crippen molar-refractivity contribution in [3.8, 4) is 17.3 Å². The topological polar surface area (TPSA) is 108 Å². The first-order chi connectivity index (χ1) is 13.1. The molecule has 4 rings (SSSR count). The zero-order valence-corrected chi connectivity index (χ0v) is 15.2. The molecule has 0 aromatic carbocycles. The van der Waals surface area contributed by atoms with Crippen molar-refractivity contribution in [1.82, 2.24) is 30.2 Å². The van der Waals surface area contributed by atoms with Crippen LogP contribution in [0.2, 0.25) is 0 Å². The van der Waals surface area contributed by atoms with Gasteiger partial charge in [0.2, 0.25) is 0 Å². The van der Waals surface area contributed by atoms with Crippen molar-refractivity contribution in [3.63, 3.8) is 0 Å². The fraction of sp³-hybridized carbons (Fsp3) is 0.389. The van der Waals surface area contributed by atoms with Crippen LogP contribution in [-0.2, 0) is 4.74 Å². The predicted octanol–water partition coefficient (Wildman–Crippen LogP) is 1.84. The van der Waals surface area contributed by atoms with E-state index < -0.39 is 0 Å². The molecule has 3 aromatic heterocycles. The number of hydrogen-bond donors (Lipinski definition) is 1. The third-order valence-electron chi connectivity index (χ3n) is 4.51. The first-order valence-electron chi connectivity index (χ1n) is 8.83. The van der Waals surface area contributed by atoms with Crippen LogP contribution in [0.15, 0.2) is 29.0 Å². The van der Waals surface area contributed by atoms with Crippen LogP contribution in [0, 0.1) is 13.8 Å². The summed E-state index contributed by atoms with van der Waals surface area (Å²) in [5.41, 5.74) is 1.96. The summed E-state index contributed by atoms with van der Waals surface area (Å²) in [6.07, 6.45) is 5.32. The Morgan fingerprint density at radius 2 is 2.22 bits per heavy atom. The Labute approximate surface area is 155 Å². The van der Waals surface area contributed by atoms with Crippen LogP contribution < -0.4 is 5.32 Å². The van der Waals surface area contributed by atoms with Crippen molar-refractivity contribution in [2.24, 2.45) is 0 Å². The van der Waals surface area contributed by atoms with Crippen LogP contribution in [-0.4, -0.2) is 50.1 Å². The molecule has 4 heterocycles. The fourth-order valence-corrected chi connectivity index (χ4v) is 3.02. The Kier molecular flexibility index (Phi) is 4.68. The summed E-state index contributed by atoms with van der Waals surface area (Å²) in [7, 11) is 0. The van der Waals surface area contributed by atoms with Gasteiger partial charge in [0.05, 0.1) is 29.1 Å². The maximum absolute atomic E-state index is 12.4. The average Bonchev–Trinajstić information content (AvgIpc) is 3.41. The number of rotatable bonds is 5. The number of aromatic nitrogens is 5. The summed E-state index contributed by atoms with van der Waals surface area (Å²) in [5.74, 6) is 1.42. The van der Waals surface area contributed by atoms with Crippen LogP contribution in [0.1, 0.15) is 34.7 Å². The van der Waals surface area contributed by atoms with Crippen molar-refractivity contribution in [2.75, 3.05) is 13.2 Å². The van der Waals surface area contributed by atoms with Gasteiger partial charge >= 0.3 is 0 Å². The van der Waals surface area contributed by atoms with Gasteiger partial charge in [-0.3, -0.25) is 4.79 Å². The first-order valence-corrected chi connectivity index (χ1v) is 8.83. The molecular weight excluding hydrogens is 348 g/mol. The Morgan fingerprint density at radius 3 is 2.89 bits per heavy atom. The standard InChI is InChI=1S/C18H20N6O3/c1-11-15(17(25)20-9-14-4-3-7-26-14)10-21-24(11)16-6-5-13(8-19-16)18-22-12(2)23-27-18/h5-6,8,10,14H,3-4,7,9H2,1-2H3,(H,20,25)/t14-/m1/s1. The molecule has 3 aromatic rings. The van der Waals surface area contributed by atoms with Crippen molar-refractivity contribution in [3.05, 3.63) is 41.6 Å². The summed E-state index contributed by atoms with van der Waals surface area (Å²) in [4.78, 5) is 21.0. The molecule has 1 amide bonds. The van der Waals surface area contributed by atoms with Crippen LogP contribution >= 0.6 is 0 Å². The van der Waals surface area contributed by atoms with E-state index in [9.17, 15) is 4.79 Å². The van der Waals surface area contributed by atoms with E-state index in [1.807, 2.05) is 13.0 Å². The molecule has 1 N–H and O–H groups in total. The van der Waals surface area contributed by atoms with E-state index in [4.69, 9.17) is 9.26 Å². The Balaban J connectivity index is 1.48. The average molecular weight is 368 g/mol. The second-order valence-electron chi connectivity index (χ2n) is 6.45. The second-order valence-corrected chi connectivity index (χ2v) is 6.45. The van der Waals surface area contributed by atoms with E-state index in [2.05, 4.69) is 25.5 Å². The highest BCUT2D eigenvalue weighted by Crippen LogP contribution is 2.19. The zero-order valence-electron chi connectivity index (χ0n) is 15.2. The highest BCUT2D eigenvalue weighted by molar-refractivity contribution is 5.95. The molecule has 1 fully saturated rings. The molecule has 0 unspecified atom stereocenters. The largest absolute Gasteiger partial charge is 0.376 e. The Morgan fingerprint density at radius 1 is 1.33 bits per heavy atom. The lowest BCUT2D eigenvalue weighted by Crippen LogP contribution is -2.32. The number of nitrogens with zero attached hydrogens (tertiary/aromatic N) is 5. The number of carbonyl (C=O) groups is 1. The van der Waals surface area contributed by atoms with Gasteiger partial charge in [-0.2, -0.15) is 10.1 Å². The molecule has 1 atom stereocenters. The highest BCUT2D eigenvalue weighted by Gasteiger charge is 2.19. The Bertz CT molecular complexity index is 940. The maximum atomic E-state index is 12.4. The zero-order chi connectivity index (χ0) is 18.8. The smallest absolute Gasteiger partial charge is 0.259 e. The first kappa shape index (κ1) is 17.3. The van der Waals surface area contributed by atoms with E-state index in [1.54, 1.807) is 30.1 Å². The number of aryl methyl sites for hydroxylation is 1. The van der Waals surface area contributed by atoms with E-state index in [-0.39, 0.29) is 12.0 Å². The fourth-order valence-electron chi connectivity index (χ4n) is 3.02. The predicted molar refractivity (Wildman–Crippen MR) is 95.4 cm³/mol. The highest BCUT2D eigenvalue weighted by atomic mass is 16.5. The van der Waals surface area contributed by atoms with Crippen LogP contribution in [0.25, 0.3) is 17.3 Å². The summed E-state index contributed by atoms with van der Waals surface area (Å²) >= 11 is 0. The quantitative estimate of drug-likeness (QED) is 0.732. The van der Waals surface area contributed by atoms with E-state index in [1.165, 1.54) is 0 Å². The monoisotopic (exact) mass is 368 g/mol. The summed E-state index contributed by atoms with van der Waals surface area (Å²) in [6, 6.07) is 3.62. The lowest BCUT2D eigenvalue weighted by Gasteiger charge is -2.10. The third kappa shape index (κ3) is 3.59. The van der Waals surface area contributed by atoms with Crippen molar-refractivity contribution < 1.29 is 14.1 Å². The molecule has 0 bridgehead atoms. The van der Waals surface area contributed by atoms with Crippen LogP contribution in [0.3, 0.4) is 0 Å². The van der Waals surface area contributed by atoms with Crippen LogP contribution in [0.4, 0.5) is 0 Å². The molecule has 0 spiro atoms. The molecule has 9 heteroatoms. The molecule has 140 valence electrons. The molecule has 1 aliphatic rings. The van der Waals surface area contributed by atoms with Gasteiger partial charge in [-0.15, -0.1) is 0 Å². The van der Waals surface area contributed by atoms with E-state index >= 15 is 0 Å². The van der Waals surface area contributed by atoms with E-state index in [0.29, 0.717) is 35.3 Å². The second kappa shape index (κ2) is 7.28. The van der Waals surface area contributed by atoms with Gasteiger partial charge in [0.1, 0.15) is 0 Å². The van der Waals surface area contributed by atoms with Gasteiger partial charge in [0.15, 0.2) is 11.6 Å². The minimum atomic E-state index is -0.160. The van der Waals surface area contributed by atoms with Crippen molar-refractivity contribution in [1.29, 1.82) is 0 Å². The van der Waals surface area contributed by atoms with Gasteiger partial charge in [-0.25, -0.2) is 9.67 Å². The van der Waals surface area contributed by atoms with Gasteiger partial charge in [0.25, 0.3) is 11.8 Å². The molecule has 0 aliphatic carbocycles. The number of amides is 1. The van der Waals surface area contributed by atoms with Gasteiger partial charge in [0, 0.05) is 19.3 Å². The Hall–Kier alpha value is -3.07. The van der Waals surface area contributed by atoms with Crippen LogP contribution in [0.5, 0.6) is 0 Å². The normalized spacial score (nSPS) is 16.6. The summed E-state index contributed by atoms with van der Waals surface area (Å²) in [6.45, 7) is 4.88. The third-order valence-corrected chi connectivity index (χ3v) is 4.51. The minimum absolute atomic E-state index is 0.104. The number of hydrogen-bond acceptors (Lipinski definition) is 7. The molecule has 1 aliphatic heterocycles. The molecule has 27 heavy (non-hydrogen) atoms. The number of nitrogens with one attached hydrogen (secondary N) is 1. The van der Waals surface area contributed by atoms with E-state index in [0.717, 1.165) is 25.0 Å². The molecular formula is C18H20N6O3. The van der Waals surface area contributed by atoms with Gasteiger partial charge in [-0.05, 0) is 38.8 Å². The molecule has 1 saturated heterocycles. The van der Waals surface area contributed by atoms with Gasteiger partial charge < -0.3 is 14.6 Å². The number of ether oxygens (including phenoxy) is 1. The van der Waals surface area contributed by atoms with Gasteiger partial charge in [-0.1, -0.05) is 5.16 Å². The number of carbonyl (C=O) groups excluding carboxylic acids is 1. The van der Waals surface area contributed by atoms with Crippen molar-refractivity contribution in [2.45, 2.75) is 32.8 Å². The lowest BCUT2D eigenvalue weighted by molar-refractivity contribution is 0.0857. The maximum Gasteiger partial charge on any atom is 0.259 e. The molecule has 0 saturated carbocycles. The summed E-state index contributed by atoms with van der Waals surface area (Å²) in [5, 5.41) is 11.0. The van der Waals surface area contributed by atoms with Crippen molar-refractivity contribution >= 4 is 5.91 Å².